The van der Waals surface area contributed by atoms with E-state index in [-0.39, 0.29) is 46.7 Å². The van der Waals surface area contributed by atoms with E-state index in [4.69, 9.17) is 21.1 Å². The number of nitro benzene ring substituents is 1. The van der Waals surface area contributed by atoms with E-state index in [1.165, 1.54) is 18.2 Å². The molecule has 0 saturated carbocycles. The molecule has 1 heterocycles. The summed E-state index contributed by atoms with van der Waals surface area (Å²) in [7, 11) is 0. The Labute approximate surface area is 170 Å². The maximum Gasteiger partial charge on any atom is 0.296 e. The van der Waals surface area contributed by atoms with Crippen molar-refractivity contribution in [2.75, 3.05) is 18.5 Å². The van der Waals surface area contributed by atoms with E-state index in [1.54, 1.807) is 24.3 Å². The fourth-order valence-corrected chi connectivity index (χ4v) is 2.79. The molecule has 9 heteroatoms. The molecular formula is C20H14ClN3O5. The molecule has 29 heavy (non-hydrogen) atoms. The lowest BCUT2D eigenvalue weighted by Gasteiger charge is -2.19. The van der Waals surface area contributed by atoms with Crippen LogP contribution < -0.4 is 14.8 Å². The van der Waals surface area contributed by atoms with Gasteiger partial charge in [0.25, 0.3) is 11.6 Å². The molecule has 0 spiro atoms. The molecule has 1 N–H and O–H groups in total. The Kier molecular flexibility index (Phi) is 6.12. The molecule has 0 aliphatic carbocycles. The van der Waals surface area contributed by atoms with Crippen molar-refractivity contribution in [3.63, 3.8) is 0 Å². The van der Waals surface area contributed by atoms with Crippen LogP contribution in [-0.2, 0) is 4.79 Å². The van der Waals surface area contributed by atoms with E-state index >= 15 is 0 Å². The van der Waals surface area contributed by atoms with E-state index in [1.807, 2.05) is 18.2 Å². The van der Waals surface area contributed by atoms with E-state index in [0.29, 0.717) is 0 Å². The molecule has 0 fully saturated rings. The summed E-state index contributed by atoms with van der Waals surface area (Å²) < 4.78 is 10.7. The van der Waals surface area contributed by atoms with Crippen LogP contribution in [0.5, 0.6) is 11.5 Å². The van der Waals surface area contributed by atoms with Gasteiger partial charge in [0, 0.05) is 11.1 Å². The number of carbonyl (C=O) groups is 1. The van der Waals surface area contributed by atoms with Crippen molar-refractivity contribution in [3.05, 3.63) is 74.8 Å². The highest BCUT2D eigenvalue weighted by molar-refractivity contribution is 6.33. The quantitative estimate of drug-likeness (QED) is 0.261. The minimum absolute atomic E-state index is 0.117. The Morgan fingerprint density at radius 3 is 2.48 bits per heavy atom. The zero-order chi connectivity index (χ0) is 20.8. The van der Waals surface area contributed by atoms with Gasteiger partial charge in [-0.25, -0.2) is 0 Å². The van der Waals surface area contributed by atoms with Gasteiger partial charge in [0.1, 0.15) is 30.5 Å². The van der Waals surface area contributed by atoms with Crippen molar-refractivity contribution in [1.29, 1.82) is 5.26 Å². The first-order chi connectivity index (χ1) is 14.0. The van der Waals surface area contributed by atoms with Gasteiger partial charge in [-0.15, -0.1) is 0 Å². The Bertz CT molecular complexity index is 1060. The van der Waals surface area contributed by atoms with Crippen LogP contribution >= 0.6 is 11.6 Å². The highest BCUT2D eigenvalue weighted by Crippen LogP contribution is 2.39. The van der Waals surface area contributed by atoms with Crippen molar-refractivity contribution < 1.29 is 19.2 Å². The van der Waals surface area contributed by atoms with E-state index in [9.17, 15) is 20.2 Å². The molecule has 1 aliphatic heterocycles. The van der Waals surface area contributed by atoms with Gasteiger partial charge in [0.15, 0.2) is 11.5 Å². The molecule has 1 amide bonds. The molecular weight excluding hydrogens is 398 g/mol. The molecule has 2 aromatic carbocycles. The van der Waals surface area contributed by atoms with Crippen molar-refractivity contribution in [3.8, 4) is 17.6 Å². The third-order valence-corrected chi connectivity index (χ3v) is 4.08. The van der Waals surface area contributed by atoms with Gasteiger partial charge in [0.2, 0.25) is 0 Å². The van der Waals surface area contributed by atoms with Gasteiger partial charge in [-0.1, -0.05) is 41.9 Å². The van der Waals surface area contributed by atoms with Crippen molar-refractivity contribution >= 4 is 35.0 Å². The minimum Gasteiger partial charge on any atom is -0.486 e. The SMILES string of the molecule is N#C/C(=C\C(Cl)=C\c1ccccc1)C(=O)Nc1cc2c(cc1[N+](=O)[O-])OCCO2. The molecule has 0 aromatic heterocycles. The molecule has 0 atom stereocenters. The summed E-state index contributed by atoms with van der Waals surface area (Å²) in [6.45, 7) is 0.546. The van der Waals surface area contributed by atoms with Crippen LogP contribution in [0, 0.1) is 21.4 Å². The monoisotopic (exact) mass is 411 g/mol. The Morgan fingerprint density at radius 2 is 1.86 bits per heavy atom. The molecule has 8 nitrogen and oxygen atoms in total. The van der Waals surface area contributed by atoms with Gasteiger partial charge < -0.3 is 14.8 Å². The van der Waals surface area contributed by atoms with Gasteiger partial charge in [-0.3, -0.25) is 14.9 Å². The molecule has 1 aliphatic rings. The van der Waals surface area contributed by atoms with E-state index in [0.717, 1.165) is 5.56 Å². The number of ether oxygens (including phenoxy) is 2. The number of amides is 1. The summed E-state index contributed by atoms with van der Waals surface area (Å²) in [6, 6.07) is 13.3. The maximum absolute atomic E-state index is 12.5. The van der Waals surface area contributed by atoms with Crippen LogP contribution in [0.25, 0.3) is 6.08 Å². The number of carbonyl (C=O) groups excluding carboxylic acids is 1. The average molecular weight is 412 g/mol. The predicted octanol–water partition coefficient (Wildman–Crippen LogP) is 4.03. The summed E-state index contributed by atoms with van der Waals surface area (Å²) in [4.78, 5) is 23.2. The standard InChI is InChI=1S/C20H14ClN3O5/c21-15(8-13-4-2-1-3-5-13)9-14(12-22)20(25)23-16-10-18-19(29-7-6-28-18)11-17(16)24(26)27/h1-5,8-11H,6-7H2,(H,23,25)/b14-9+,15-8-. The Morgan fingerprint density at radius 1 is 1.21 bits per heavy atom. The molecule has 0 radical (unpaired) electrons. The molecule has 0 bridgehead atoms. The van der Waals surface area contributed by atoms with Gasteiger partial charge >= 0.3 is 0 Å². The van der Waals surface area contributed by atoms with Crippen LogP contribution in [0.4, 0.5) is 11.4 Å². The maximum atomic E-state index is 12.5. The second kappa shape index (κ2) is 8.91. The fourth-order valence-electron chi connectivity index (χ4n) is 2.56. The number of allylic oxidation sites excluding steroid dienone is 2. The number of hydrogen-bond donors (Lipinski definition) is 1. The number of rotatable bonds is 5. The molecule has 0 saturated heterocycles. The smallest absolute Gasteiger partial charge is 0.296 e. The topological polar surface area (TPSA) is 114 Å². The van der Waals surface area contributed by atoms with Gasteiger partial charge in [0.05, 0.1) is 11.0 Å². The molecule has 3 rings (SSSR count). The first-order valence-electron chi connectivity index (χ1n) is 8.41. The molecule has 0 unspecified atom stereocenters. The first-order valence-corrected chi connectivity index (χ1v) is 8.79. The van der Waals surface area contributed by atoms with E-state index < -0.39 is 10.8 Å². The van der Waals surface area contributed by atoms with Gasteiger partial charge in [-0.2, -0.15) is 5.26 Å². The number of nitrogens with zero attached hydrogens (tertiary/aromatic N) is 2. The zero-order valence-electron chi connectivity index (χ0n) is 14.9. The lowest BCUT2D eigenvalue weighted by Crippen LogP contribution is -2.18. The van der Waals surface area contributed by atoms with E-state index in [2.05, 4.69) is 5.32 Å². The lowest BCUT2D eigenvalue weighted by molar-refractivity contribution is -0.384. The van der Waals surface area contributed by atoms with Crippen molar-refractivity contribution in [1.82, 2.24) is 0 Å². The third-order valence-electron chi connectivity index (χ3n) is 3.86. The summed E-state index contributed by atoms with van der Waals surface area (Å²) in [5, 5.41) is 23.2. The number of benzene rings is 2. The number of nitrogens with one attached hydrogen (secondary N) is 1. The predicted molar refractivity (Wildman–Crippen MR) is 107 cm³/mol. The number of nitro groups is 1. The number of anilines is 1. The number of nitriles is 1. The van der Waals surface area contributed by atoms with Crippen LogP contribution in [0.15, 0.2) is 59.1 Å². The first kappa shape index (κ1) is 19.9. The van der Waals surface area contributed by atoms with Crippen LogP contribution in [0.3, 0.4) is 0 Å². The summed E-state index contributed by atoms with van der Waals surface area (Å²) in [6.07, 6.45) is 2.77. The minimum atomic E-state index is -0.841. The number of halogens is 1. The summed E-state index contributed by atoms with van der Waals surface area (Å²) in [5.41, 5.74) is -0.0281. The number of hydrogen-bond acceptors (Lipinski definition) is 6. The highest BCUT2D eigenvalue weighted by atomic mass is 35.5. The van der Waals surface area contributed by atoms with Crippen LogP contribution in [-0.4, -0.2) is 24.0 Å². The van der Waals surface area contributed by atoms with Crippen molar-refractivity contribution in [2.24, 2.45) is 0 Å². The van der Waals surface area contributed by atoms with Crippen molar-refractivity contribution in [2.45, 2.75) is 0 Å². The Hall–Kier alpha value is -3.83. The second-order valence-corrected chi connectivity index (χ2v) is 6.27. The summed E-state index contributed by atoms with van der Waals surface area (Å²) in [5.74, 6) is -0.362. The summed E-state index contributed by atoms with van der Waals surface area (Å²) >= 11 is 6.12. The normalized spacial score (nSPS) is 13.4. The van der Waals surface area contributed by atoms with Crippen LogP contribution in [0.1, 0.15) is 5.56 Å². The highest BCUT2D eigenvalue weighted by Gasteiger charge is 2.24. The van der Waals surface area contributed by atoms with Gasteiger partial charge in [-0.05, 0) is 17.7 Å². The number of fused-ring (bicyclic) bond motifs is 1. The largest absolute Gasteiger partial charge is 0.486 e. The lowest BCUT2D eigenvalue weighted by atomic mass is 10.1. The molecule has 2 aromatic rings. The zero-order valence-corrected chi connectivity index (χ0v) is 15.7. The van der Waals surface area contributed by atoms with Crippen LogP contribution in [0.2, 0.25) is 0 Å². The third kappa shape index (κ3) is 4.91. The molecule has 146 valence electrons. The average Bonchev–Trinajstić information content (AvgIpc) is 2.72. The fraction of sp³-hybridized carbons (Fsp3) is 0.100. The second-order valence-electron chi connectivity index (χ2n) is 5.83. The Balaban J connectivity index is 1.87.